The van der Waals surface area contributed by atoms with Crippen LogP contribution in [0.15, 0.2) is 145 Å². The van der Waals surface area contributed by atoms with Crippen LogP contribution in [0, 0.1) is 49.4 Å². The van der Waals surface area contributed by atoms with Crippen LogP contribution in [-0.4, -0.2) is 74.7 Å². The Kier molecular flexibility index (Phi) is 26.0. The fourth-order valence-corrected chi connectivity index (χ4v) is 9.81. The normalized spacial score (nSPS) is 16.4. The first kappa shape index (κ1) is 64.5. The van der Waals surface area contributed by atoms with E-state index in [1.807, 2.05) is 43.3 Å². The van der Waals surface area contributed by atoms with Crippen LogP contribution >= 0.6 is 0 Å². The van der Waals surface area contributed by atoms with E-state index in [1.165, 1.54) is 11.8 Å². The van der Waals surface area contributed by atoms with Crippen molar-refractivity contribution in [3.63, 3.8) is 0 Å². The molecule has 0 saturated heterocycles. The molecule has 2 fully saturated rings. The summed E-state index contributed by atoms with van der Waals surface area (Å²) < 4.78 is 45.0. The maximum atomic E-state index is 13.8. The number of ether oxygens (including phenoxy) is 8. The Balaban J connectivity index is 0.893. The Bertz CT molecular complexity index is 3210. The number of benzene rings is 5. The van der Waals surface area contributed by atoms with E-state index in [4.69, 9.17) is 37.9 Å². The molecule has 0 aliphatic heterocycles. The second-order valence-corrected chi connectivity index (χ2v) is 21.4. The second kappa shape index (κ2) is 34.6. The van der Waals surface area contributed by atoms with Crippen molar-refractivity contribution in [3.05, 3.63) is 168 Å². The van der Waals surface area contributed by atoms with Crippen LogP contribution in [0.1, 0.15) is 136 Å². The van der Waals surface area contributed by atoms with E-state index in [-0.39, 0.29) is 29.4 Å². The maximum absolute atomic E-state index is 13.8. The number of unbranched alkanes of at least 4 members (excludes halogenated alkanes) is 6. The molecule has 0 aromatic heterocycles. The highest BCUT2D eigenvalue weighted by Gasteiger charge is 2.34. The maximum Gasteiger partial charge on any atom is 0.330 e. The van der Waals surface area contributed by atoms with E-state index in [0.717, 1.165) is 85.8 Å². The summed E-state index contributed by atoms with van der Waals surface area (Å²) in [6.45, 7) is 12.7. The van der Waals surface area contributed by atoms with E-state index in [2.05, 4.69) is 48.2 Å². The SMILES string of the molecule is C=CC(=O)OCCCCCCOc1ccc(OC(=O)C2CCC(C(=O)Oc3ccc(OC(=O)C4CCC(C(=O)Oc5ccc(OCCCCCCOC(=O)C=C)cc5)CC4)c(/C=N/N=C/c4ccc(C#Cc5ccc(C)cc5C)cc4)c3)CC2)cc1. The minimum absolute atomic E-state index is 0.188. The molecule has 16 nitrogen and oxygen atoms in total. The van der Waals surface area contributed by atoms with Crippen molar-refractivity contribution >= 4 is 48.2 Å². The number of nitrogens with zero attached hydrogens (tertiary/aromatic N) is 2. The van der Waals surface area contributed by atoms with Crippen molar-refractivity contribution in [1.29, 1.82) is 0 Å². The smallest absolute Gasteiger partial charge is 0.330 e. The van der Waals surface area contributed by atoms with Crippen LogP contribution in [-0.2, 0) is 38.2 Å². The van der Waals surface area contributed by atoms with Crippen molar-refractivity contribution in [2.24, 2.45) is 33.9 Å². The molecule has 0 spiro atoms. The summed E-state index contributed by atoms with van der Waals surface area (Å²) in [4.78, 5) is 76.2. The van der Waals surface area contributed by atoms with Crippen LogP contribution in [0.5, 0.6) is 34.5 Å². The second-order valence-electron chi connectivity index (χ2n) is 21.4. The molecule has 0 heterocycles. The zero-order valence-corrected chi connectivity index (χ0v) is 49.2. The fraction of sp³-hybridized carbons (Fsp3) is 0.371. The Morgan fingerprint density at radius 3 is 1.34 bits per heavy atom. The van der Waals surface area contributed by atoms with Crippen molar-refractivity contribution in [3.8, 4) is 46.3 Å². The van der Waals surface area contributed by atoms with Crippen molar-refractivity contribution in [2.45, 2.75) is 117 Å². The Morgan fingerprint density at radius 2 is 0.872 bits per heavy atom. The molecule has 5 aromatic rings. The molecule has 0 bridgehead atoms. The number of esters is 6. The van der Waals surface area contributed by atoms with Gasteiger partial charge in [0.05, 0.1) is 62.5 Å². The molecule has 16 heteroatoms. The lowest BCUT2D eigenvalue weighted by molar-refractivity contribution is -0.145. The number of carbonyl (C=O) groups is 6. The van der Waals surface area contributed by atoms with Gasteiger partial charge in [0.15, 0.2) is 0 Å². The summed E-state index contributed by atoms with van der Waals surface area (Å²) >= 11 is 0. The monoisotopic (exact) mass is 1170 g/mol. The third-order valence-electron chi connectivity index (χ3n) is 14.8. The first-order valence-corrected chi connectivity index (χ1v) is 29.6. The van der Waals surface area contributed by atoms with Gasteiger partial charge in [-0.15, -0.1) is 0 Å². The fourth-order valence-electron chi connectivity index (χ4n) is 9.81. The lowest BCUT2D eigenvalue weighted by atomic mass is 9.82. The first-order chi connectivity index (χ1) is 41.8. The van der Waals surface area contributed by atoms with Crippen LogP contribution in [0.4, 0.5) is 0 Å². The number of rotatable bonds is 29. The molecular weight excluding hydrogens is 1090 g/mol. The Morgan fingerprint density at radius 1 is 0.453 bits per heavy atom. The molecule has 0 N–H and O–H groups in total. The van der Waals surface area contributed by atoms with Crippen LogP contribution in [0.3, 0.4) is 0 Å². The lowest BCUT2D eigenvalue weighted by Gasteiger charge is -2.26. The van der Waals surface area contributed by atoms with Crippen LogP contribution < -0.4 is 28.4 Å². The quantitative estimate of drug-likeness (QED) is 0.00832. The molecule has 2 saturated carbocycles. The average Bonchev–Trinajstić information content (AvgIpc) is 3.73. The molecule has 5 aromatic carbocycles. The third kappa shape index (κ3) is 21.8. The van der Waals surface area contributed by atoms with E-state index in [9.17, 15) is 28.8 Å². The van der Waals surface area contributed by atoms with E-state index >= 15 is 0 Å². The summed E-state index contributed by atoms with van der Waals surface area (Å²) in [6, 6.07) is 32.2. The van der Waals surface area contributed by atoms with Crippen molar-refractivity contribution in [1.82, 2.24) is 0 Å². The summed E-state index contributed by atoms with van der Waals surface area (Å²) in [5.74, 6) is 4.80. The molecule has 0 atom stereocenters. The minimum atomic E-state index is -0.478. The van der Waals surface area contributed by atoms with Gasteiger partial charge in [-0.2, -0.15) is 10.2 Å². The van der Waals surface area contributed by atoms with Gasteiger partial charge < -0.3 is 37.9 Å². The Labute approximate surface area is 504 Å². The highest BCUT2D eigenvalue weighted by molar-refractivity contribution is 5.88. The van der Waals surface area contributed by atoms with Gasteiger partial charge >= 0.3 is 35.8 Å². The standard InChI is InChI=1S/C70H76N2O14/c1-5-65(73)81-43-13-9-7-11-41-79-59-31-35-61(36-32-59)83-67(75)54-23-25-56(26-24-54)69(77)85-63-39-40-64(58(46-63)48-72-71-47-52-18-16-51(17-19-52)20-22-53-21-15-49(3)45-50(53)4)86-70(78)57-29-27-55(28-30-57)68(76)84-62-37-33-60(34-38-62)80-42-12-8-10-14-44-82-66(74)6-2/h5-6,15-19,21,31-40,45-48,54-57H,1-2,7-14,23-30,41-44H2,3-4H3/b71-47+,72-48+. The van der Waals surface area contributed by atoms with Gasteiger partial charge in [0, 0.05) is 28.8 Å². The highest BCUT2D eigenvalue weighted by Crippen LogP contribution is 2.35. The summed E-state index contributed by atoms with van der Waals surface area (Å²) in [6.07, 6.45) is 15.7. The molecule has 2 aliphatic rings. The number of carbonyl (C=O) groups excluding carboxylic acids is 6. The topological polar surface area (TPSA) is 201 Å². The zero-order chi connectivity index (χ0) is 60.9. The number of hydrogen-bond acceptors (Lipinski definition) is 16. The molecule has 0 unspecified atom stereocenters. The predicted octanol–water partition coefficient (Wildman–Crippen LogP) is 13.1. The summed E-state index contributed by atoms with van der Waals surface area (Å²) in [5.41, 5.74) is 5.24. The molecule has 0 amide bonds. The molecule has 0 radical (unpaired) electrons. The van der Waals surface area contributed by atoms with Crippen molar-refractivity contribution in [2.75, 3.05) is 26.4 Å². The number of hydrogen-bond donors (Lipinski definition) is 0. The zero-order valence-electron chi connectivity index (χ0n) is 49.2. The van der Waals surface area contributed by atoms with E-state index in [1.54, 1.807) is 72.9 Å². The first-order valence-electron chi connectivity index (χ1n) is 29.6. The molecule has 7 rings (SSSR count). The molecule has 2 aliphatic carbocycles. The van der Waals surface area contributed by atoms with E-state index in [0.29, 0.717) is 106 Å². The van der Waals surface area contributed by atoms with E-state index < -0.39 is 41.6 Å². The predicted molar refractivity (Wildman–Crippen MR) is 327 cm³/mol. The van der Waals surface area contributed by atoms with Gasteiger partial charge in [-0.05, 0) is 213 Å². The summed E-state index contributed by atoms with van der Waals surface area (Å²) in [7, 11) is 0. The van der Waals surface area contributed by atoms with Gasteiger partial charge in [0.1, 0.15) is 34.5 Å². The van der Waals surface area contributed by atoms with Crippen LogP contribution in [0.2, 0.25) is 0 Å². The van der Waals surface area contributed by atoms with Crippen molar-refractivity contribution < 1.29 is 66.7 Å². The van der Waals surface area contributed by atoms with Gasteiger partial charge in [-0.3, -0.25) is 19.2 Å². The van der Waals surface area contributed by atoms with Gasteiger partial charge in [-0.25, -0.2) is 9.59 Å². The Hall–Kier alpha value is -9.10. The molecule has 450 valence electrons. The number of aryl methyl sites for hydroxylation is 2. The highest BCUT2D eigenvalue weighted by atomic mass is 16.6. The molecule has 86 heavy (non-hydrogen) atoms. The van der Waals surface area contributed by atoms with Gasteiger partial charge in [0.2, 0.25) is 0 Å². The lowest BCUT2D eigenvalue weighted by Crippen LogP contribution is -2.30. The minimum Gasteiger partial charge on any atom is -0.494 e. The van der Waals surface area contributed by atoms with Gasteiger partial charge in [0.25, 0.3) is 0 Å². The average molecular weight is 1170 g/mol. The largest absolute Gasteiger partial charge is 0.494 e. The van der Waals surface area contributed by atoms with Gasteiger partial charge in [-0.1, -0.05) is 54.8 Å². The third-order valence-corrected chi connectivity index (χ3v) is 14.8. The molecular formula is C70H76N2O14. The summed E-state index contributed by atoms with van der Waals surface area (Å²) in [5, 5.41) is 8.55. The van der Waals surface area contributed by atoms with Crippen LogP contribution in [0.25, 0.3) is 0 Å².